The Morgan fingerprint density at radius 3 is 2.73 bits per heavy atom. The number of carbonyl (C=O) groups excluding carboxylic acids is 2. The number of Topliss-reactive ketones (excluding diaryl/α,β-unsaturated/α-hetero) is 1. The van der Waals surface area contributed by atoms with E-state index in [0.717, 1.165) is 48.2 Å². The minimum atomic E-state index is -0.287. The number of hydrogen-bond acceptors (Lipinski definition) is 10. The van der Waals surface area contributed by atoms with Gasteiger partial charge in [-0.05, 0) is 90.5 Å². The number of rotatable bonds is 3. The quantitative estimate of drug-likeness (QED) is 0.162. The van der Waals surface area contributed by atoms with E-state index < -0.39 is 0 Å². The number of aromatic nitrogens is 1. The van der Waals surface area contributed by atoms with Crippen LogP contribution in [0.3, 0.4) is 0 Å². The fourth-order valence-electron chi connectivity index (χ4n) is 10.0. The van der Waals surface area contributed by atoms with Crippen molar-refractivity contribution >= 4 is 45.0 Å². The van der Waals surface area contributed by atoms with Crippen LogP contribution in [0.25, 0.3) is 6.08 Å². The van der Waals surface area contributed by atoms with E-state index in [1.54, 1.807) is 18.2 Å². The molecule has 1 aromatic carbocycles. The highest BCUT2D eigenvalue weighted by Gasteiger charge is 2.63. The van der Waals surface area contributed by atoms with Crippen LogP contribution in [0.15, 0.2) is 66.7 Å². The third-order valence-electron chi connectivity index (χ3n) is 12.6. The molecule has 2 aromatic rings. The molecule has 1 spiro atoms. The molecule has 51 heavy (non-hydrogen) atoms. The van der Waals surface area contributed by atoms with Crippen molar-refractivity contribution in [2.24, 2.45) is 17.3 Å². The molecule has 6 atom stereocenters. The summed E-state index contributed by atoms with van der Waals surface area (Å²) < 4.78 is 5.51. The summed E-state index contributed by atoms with van der Waals surface area (Å²) in [5.41, 5.74) is 11.9. The Hall–Kier alpha value is -3.63. The molecular formula is C41H48N4O4S2. The summed E-state index contributed by atoms with van der Waals surface area (Å²) in [5.74, 6) is 0.948. The van der Waals surface area contributed by atoms with Gasteiger partial charge in [0.2, 0.25) is 0 Å². The number of phenolic OH excluding ortho intramolecular Hbond substituents is 1. The van der Waals surface area contributed by atoms with E-state index in [1.807, 2.05) is 27.8 Å². The molecule has 6 aliphatic rings. The van der Waals surface area contributed by atoms with E-state index in [2.05, 4.69) is 53.7 Å². The van der Waals surface area contributed by atoms with Crippen molar-refractivity contribution < 1.29 is 19.4 Å². The summed E-state index contributed by atoms with van der Waals surface area (Å²) >= 11 is 0. The van der Waals surface area contributed by atoms with Crippen LogP contribution in [0.2, 0.25) is 0 Å². The summed E-state index contributed by atoms with van der Waals surface area (Å²) in [5, 5.41) is 14.8. The van der Waals surface area contributed by atoms with Crippen molar-refractivity contribution in [3.05, 3.63) is 88.9 Å². The van der Waals surface area contributed by atoms with Gasteiger partial charge in [0.15, 0.2) is 17.3 Å². The lowest BCUT2D eigenvalue weighted by Crippen LogP contribution is -2.55. The number of ketones is 2. The molecule has 0 radical (unpaired) electrons. The van der Waals surface area contributed by atoms with Gasteiger partial charge in [-0.3, -0.25) is 9.59 Å². The number of nitrogen functional groups attached to an aromatic ring is 1. The first-order valence-corrected chi connectivity index (χ1v) is 20.8. The van der Waals surface area contributed by atoms with E-state index in [4.69, 9.17) is 15.5 Å². The number of methoxy groups -OCH3 is 1. The van der Waals surface area contributed by atoms with Gasteiger partial charge < -0.3 is 25.8 Å². The Balaban J connectivity index is 1.34. The zero-order valence-electron chi connectivity index (χ0n) is 29.5. The van der Waals surface area contributed by atoms with Crippen LogP contribution in [0.5, 0.6) is 11.5 Å². The number of carbonyl (C=O) groups is 2. The van der Waals surface area contributed by atoms with Crippen molar-refractivity contribution in [2.45, 2.75) is 93.1 Å². The second-order valence-electron chi connectivity index (χ2n) is 15.4. The van der Waals surface area contributed by atoms with E-state index in [9.17, 15) is 14.7 Å². The summed E-state index contributed by atoms with van der Waals surface area (Å²) in [6.45, 7) is 2.98. The summed E-state index contributed by atoms with van der Waals surface area (Å²) in [4.78, 5) is 33.7. The second kappa shape index (κ2) is 13.7. The first kappa shape index (κ1) is 34.5. The lowest BCUT2D eigenvalue weighted by molar-refractivity contribution is -0.124. The van der Waals surface area contributed by atoms with Crippen molar-refractivity contribution in [1.29, 1.82) is 0 Å². The van der Waals surface area contributed by atoms with E-state index in [-0.39, 0.29) is 51.6 Å². The number of nitrogens with one attached hydrogen (secondary N) is 1. The Morgan fingerprint density at radius 2 is 1.92 bits per heavy atom. The molecule has 268 valence electrons. The second-order valence-corrected chi connectivity index (χ2v) is 18.0. The number of benzene rings is 1. The summed E-state index contributed by atoms with van der Waals surface area (Å²) in [6, 6.07) is 5.79. The normalized spacial score (nSPS) is 32.4. The third kappa shape index (κ3) is 6.10. The zero-order chi connectivity index (χ0) is 35.3. The number of nitrogens with two attached hydrogens (primary N) is 1. The minimum absolute atomic E-state index is 0.0158. The number of allylic oxidation sites excluding steroid dienone is 3. The molecule has 2 fully saturated rings. The van der Waals surface area contributed by atoms with Gasteiger partial charge in [-0.25, -0.2) is 4.98 Å². The average molecular weight is 725 g/mol. The maximum atomic E-state index is 13.1. The predicted octanol–water partition coefficient (Wildman–Crippen LogP) is 8.22. The lowest BCUT2D eigenvalue weighted by atomic mass is 9.75. The molecule has 10 heteroatoms. The van der Waals surface area contributed by atoms with Gasteiger partial charge in [0.05, 0.1) is 36.7 Å². The standard InChI is InChI=1S/C41H48N4O4S2/c1-3-25-6-10-30(46)18-31(47)11-7-26-17-36(49-2)35(48)19-33(26)32-12-13-37(25)50-51-38(34-16-27(32)21-44-39(34)42)41-23-40(14-4-5-15-40)20-28(41)8-9-29-22-43-24-45(29)41/h7-9,11-13,16-17,19,21-22,25,28,32,37-38,43,48H,3-6,10,14-15,18,20,23-24H2,1-2H3,(H2,42,44)/b11-7+,13-12+/t25-,28-,32+,37+,38+,41-/m0/s1. The highest BCUT2D eigenvalue weighted by molar-refractivity contribution is 8.77. The molecule has 0 saturated heterocycles. The van der Waals surface area contributed by atoms with Crippen molar-refractivity contribution in [2.75, 3.05) is 19.5 Å². The smallest absolute Gasteiger partial charge is 0.163 e. The van der Waals surface area contributed by atoms with Crippen molar-refractivity contribution in [3.8, 4) is 11.5 Å². The third-order valence-corrected chi connectivity index (χ3v) is 15.9. The topological polar surface area (TPSA) is 118 Å². The highest BCUT2D eigenvalue weighted by atomic mass is 33.1. The molecule has 8 rings (SSSR count). The average Bonchev–Trinajstić information content (AvgIpc) is 3.87. The number of anilines is 1. The molecule has 0 amide bonds. The number of pyridine rings is 1. The first-order valence-electron chi connectivity index (χ1n) is 18.5. The molecule has 4 heterocycles. The Bertz CT molecular complexity index is 1850. The van der Waals surface area contributed by atoms with Gasteiger partial charge in [-0.1, -0.05) is 72.1 Å². The van der Waals surface area contributed by atoms with Crippen LogP contribution in [0, 0.1) is 17.3 Å². The predicted molar refractivity (Wildman–Crippen MR) is 206 cm³/mol. The molecular weight excluding hydrogens is 677 g/mol. The number of aromatic hydroxyl groups is 1. The van der Waals surface area contributed by atoms with Crippen molar-refractivity contribution in [3.63, 3.8) is 0 Å². The first-order chi connectivity index (χ1) is 24.7. The van der Waals surface area contributed by atoms with E-state index in [1.165, 1.54) is 51.0 Å². The molecule has 3 aliphatic heterocycles. The summed E-state index contributed by atoms with van der Waals surface area (Å²) in [6.07, 6.45) is 26.0. The van der Waals surface area contributed by atoms with Crippen LogP contribution in [-0.4, -0.2) is 51.1 Å². The molecule has 3 aliphatic carbocycles. The summed E-state index contributed by atoms with van der Waals surface area (Å²) in [7, 11) is 5.37. The molecule has 1 aromatic heterocycles. The van der Waals surface area contributed by atoms with Crippen LogP contribution in [-0.2, 0) is 9.59 Å². The van der Waals surface area contributed by atoms with Gasteiger partial charge >= 0.3 is 0 Å². The fourth-order valence-corrected chi connectivity index (χ4v) is 13.9. The Labute approximate surface area is 308 Å². The van der Waals surface area contributed by atoms with E-state index in [0.29, 0.717) is 29.3 Å². The number of hydrogen-bond donors (Lipinski definition) is 3. The molecule has 4 bridgehead atoms. The van der Waals surface area contributed by atoms with Crippen LogP contribution >= 0.6 is 21.6 Å². The monoisotopic (exact) mass is 724 g/mol. The number of nitrogens with zero attached hydrogens (tertiary/aromatic N) is 2. The minimum Gasteiger partial charge on any atom is -0.504 e. The maximum absolute atomic E-state index is 13.1. The largest absolute Gasteiger partial charge is 0.504 e. The van der Waals surface area contributed by atoms with Crippen LogP contribution < -0.4 is 15.8 Å². The van der Waals surface area contributed by atoms with E-state index >= 15 is 0 Å². The lowest BCUT2D eigenvalue weighted by Gasteiger charge is -2.52. The fraction of sp³-hybridized carbons (Fsp3) is 0.488. The van der Waals surface area contributed by atoms with Gasteiger partial charge in [0.1, 0.15) is 11.6 Å². The van der Waals surface area contributed by atoms with Crippen molar-refractivity contribution in [1.82, 2.24) is 15.2 Å². The Kier molecular flexibility index (Phi) is 9.28. The molecule has 2 saturated carbocycles. The number of phenols is 1. The number of ether oxygens (including phenoxy) is 1. The maximum Gasteiger partial charge on any atom is 0.163 e. The number of fused-ring (bicyclic) bond motifs is 10. The van der Waals surface area contributed by atoms with Gasteiger partial charge in [0, 0.05) is 41.5 Å². The molecule has 8 nitrogen and oxygen atoms in total. The molecule has 0 unspecified atom stereocenters. The Morgan fingerprint density at radius 1 is 1.08 bits per heavy atom. The SMILES string of the molecule is CC[C@H]1CCC(=O)CC(=O)/C=C/c2cc(OC)c(O)cc2[C@@H]2/C=C/[C@H]1SS[C@@H]([C@]13CC4(CCCC4)C[C@@H]1C=CC1=CNCN13)c1cc2cnc1N. The molecule has 4 N–H and O–H groups in total. The van der Waals surface area contributed by atoms with Gasteiger partial charge in [-0.15, -0.1) is 0 Å². The highest BCUT2D eigenvalue weighted by Crippen LogP contribution is 2.68. The van der Waals surface area contributed by atoms with Crippen LogP contribution in [0.4, 0.5) is 5.82 Å². The van der Waals surface area contributed by atoms with Crippen LogP contribution in [0.1, 0.15) is 105 Å². The van der Waals surface area contributed by atoms with Gasteiger partial charge in [-0.2, -0.15) is 0 Å². The zero-order valence-corrected chi connectivity index (χ0v) is 31.1. The van der Waals surface area contributed by atoms with Gasteiger partial charge in [0.25, 0.3) is 0 Å².